The molecule has 4 aromatic carbocycles. The average Bonchev–Trinajstić information content (AvgIpc) is 2.92. The van der Waals surface area contributed by atoms with Crippen molar-refractivity contribution >= 4 is 56.4 Å². The van der Waals surface area contributed by atoms with Gasteiger partial charge in [0.25, 0.3) is 15.9 Å². The number of para-hydroxylation sites is 1. The summed E-state index contributed by atoms with van der Waals surface area (Å²) in [7, 11) is -4.16. The maximum absolute atomic E-state index is 13.5. The molecule has 0 spiro atoms. The number of hydrogen-bond acceptors (Lipinski definition) is 4. The summed E-state index contributed by atoms with van der Waals surface area (Å²) in [6, 6.07) is 28.3. The van der Waals surface area contributed by atoms with Crippen LogP contribution in [0.5, 0.6) is 0 Å². The number of halogens is 2. The second-order valence-electron chi connectivity index (χ2n) is 8.54. The van der Waals surface area contributed by atoms with Crippen molar-refractivity contribution in [1.82, 2.24) is 5.32 Å². The van der Waals surface area contributed by atoms with Gasteiger partial charge < -0.3 is 10.6 Å². The van der Waals surface area contributed by atoms with E-state index in [4.69, 9.17) is 23.2 Å². The van der Waals surface area contributed by atoms with Crippen LogP contribution in [0.1, 0.15) is 15.9 Å². The van der Waals surface area contributed by atoms with E-state index in [1.807, 2.05) is 30.3 Å². The van der Waals surface area contributed by atoms with E-state index in [1.165, 1.54) is 30.3 Å². The Labute approximate surface area is 237 Å². The molecule has 4 rings (SSSR count). The van der Waals surface area contributed by atoms with Crippen LogP contribution in [0, 0.1) is 0 Å². The SMILES string of the molecule is O=C(CN(c1cc(Cl)cc(Cl)c1)S(=O)(=O)c1ccccc1)Nc1ccccc1C(=O)NCCc1ccccc1. The number of carbonyl (C=O) groups excluding carboxylic acids is 2. The molecule has 0 radical (unpaired) electrons. The number of carbonyl (C=O) groups is 2. The van der Waals surface area contributed by atoms with E-state index in [2.05, 4.69) is 10.6 Å². The second kappa shape index (κ2) is 12.8. The highest BCUT2D eigenvalue weighted by molar-refractivity contribution is 7.92. The van der Waals surface area contributed by atoms with E-state index in [0.29, 0.717) is 13.0 Å². The van der Waals surface area contributed by atoms with Crippen LogP contribution in [0.3, 0.4) is 0 Å². The first-order valence-electron chi connectivity index (χ1n) is 12.0. The number of sulfonamides is 1. The van der Waals surface area contributed by atoms with Gasteiger partial charge in [-0.2, -0.15) is 0 Å². The van der Waals surface area contributed by atoms with Crippen LogP contribution in [0.2, 0.25) is 10.0 Å². The Balaban J connectivity index is 1.54. The first-order valence-corrected chi connectivity index (χ1v) is 14.2. The summed E-state index contributed by atoms with van der Waals surface area (Å²) in [6.45, 7) is -0.179. The summed E-state index contributed by atoms with van der Waals surface area (Å²) in [4.78, 5) is 26.1. The Morgan fingerprint density at radius 3 is 2.03 bits per heavy atom. The van der Waals surface area contributed by atoms with Crippen molar-refractivity contribution in [2.45, 2.75) is 11.3 Å². The van der Waals surface area contributed by atoms with E-state index < -0.39 is 22.5 Å². The zero-order valence-corrected chi connectivity index (χ0v) is 23.0. The Bertz CT molecular complexity index is 1550. The second-order valence-corrected chi connectivity index (χ2v) is 11.3. The first kappa shape index (κ1) is 28.2. The van der Waals surface area contributed by atoms with Crippen molar-refractivity contribution in [2.24, 2.45) is 0 Å². The summed E-state index contributed by atoms with van der Waals surface area (Å²) in [5.41, 5.74) is 1.71. The normalized spacial score (nSPS) is 11.0. The Morgan fingerprint density at radius 2 is 1.36 bits per heavy atom. The fourth-order valence-electron chi connectivity index (χ4n) is 3.89. The molecule has 39 heavy (non-hydrogen) atoms. The average molecular weight is 583 g/mol. The lowest BCUT2D eigenvalue weighted by Gasteiger charge is -2.24. The number of nitrogens with zero attached hydrogens (tertiary/aromatic N) is 1. The fraction of sp³-hybridized carbons (Fsp3) is 0.103. The number of amides is 2. The van der Waals surface area contributed by atoms with Crippen LogP contribution in [-0.4, -0.2) is 33.3 Å². The van der Waals surface area contributed by atoms with Crippen LogP contribution in [0.15, 0.2) is 108 Å². The van der Waals surface area contributed by atoms with Gasteiger partial charge in [0.1, 0.15) is 6.54 Å². The predicted octanol–water partition coefficient (Wildman–Crippen LogP) is 5.80. The molecule has 0 heterocycles. The van der Waals surface area contributed by atoms with E-state index >= 15 is 0 Å². The van der Waals surface area contributed by atoms with Gasteiger partial charge in [0.05, 0.1) is 21.8 Å². The highest BCUT2D eigenvalue weighted by Gasteiger charge is 2.28. The molecule has 0 bridgehead atoms. The molecule has 0 aromatic heterocycles. The van der Waals surface area contributed by atoms with Crippen LogP contribution in [-0.2, 0) is 21.2 Å². The van der Waals surface area contributed by atoms with Crippen molar-refractivity contribution in [1.29, 1.82) is 0 Å². The van der Waals surface area contributed by atoms with Crippen molar-refractivity contribution in [3.05, 3.63) is 124 Å². The van der Waals surface area contributed by atoms with Gasteiger partial charge in [-0.1, -0.05) is 83.9 Å². The van der Waals surface area contributed by atoms with Gasteiger partial charge in [-0.25, -0.2) is 8.42 Å². The molecule has 2 amide bonds. The maximum Gasteiger partial charge on any atom is 0.264 e. The predicted molar refractivity (Wildman–Crippen MR) is 155 cm³/mol. The van der Waals surface area contributed by atoms with Gasteiger partial charge in [-0.3, -0.25) is 13.9 Å². The van der Waals surface area contributed by atoms with Crippen LogP contribution >= 0.6 is 23.2 Å². The van der Waals surface area contributed by atoms with Crippen molar-refractivity contribution in [3.8, 4) is 0 Å². The lowest BCUT2D eigenvalue weighted by atomic mass is 10.1. The minimum atomic E-state index is -4.16. The molecule has 0 saturated heterocycles. The summed E-state index contributed by atoms with van der Waals surface area (Å²) in [5.74, 6) is -1.02. The Kier molecular flexibility index (Phi) is 9.24. The molecule has 2 N–H and O–H groups in total. The van der Waals surface area contributed by atoms with E-state index in [0.717, 1.165) is 9.87 Å². The zero-order valence-electron chi connectivity index (χ0n) is 20.7. The van der Waals surface area contributed by atoms with Gasteiger partial charge in [0, 0.05) is 16.6 Å². The highest BCUT2D eigenvalue weighted by Crippen LogP contribution is 2.30. The standard InChI is InChI=1S/C29H25Cl2N3O4S/c30-22-17-23(31)19-24(18-22)34(39(37,38)25-11-5-2-6-12-25)20-28(35)33-27-14-8-7-13-26(27)29(36)32-16-15-21-9-3-1-4-10-21/h1-14,17-19H,15-16,20H2,(H,32,36)(H,33,35). The molecule has 4 aromatic rings. The minimum Gasteiger partial charge on any atom is -0.352 e. The number of nitrogens with one attached hydrogen (secondary N) is 2. The third-order valence-electron chi connectivity index (χ3n) is 5.74. The molecule has 0 atom stereocenters. The lowest BCUT2D eigenvalue weighted by Crippen LogP contribution is -2.38. The summed E-state index contributed by atoms with van der Waals surface area (Å²) < 4.78 is 28.0. The Hall–Kier alpha value is -3.85. The number of anilines is 2. The third kappa shape index (κ3) is 7.38. The molecule has 0 aliphatic rings. The molecular formula is C29H25Cl2N3O4S. The van der Waals surface area contributed by atoms with Gasteiger partial charge in [-0.15, -0.1) is 0 Å². The van der Waals surface area contributed by atoms with E-state index in [-0.39, 0.29) is 37.8 Å². The van der Waals surface area contributed by atoms with Crippen LogP contribution < -0.4 is 14.9 Å². The molecule has 0 aliphatic carbocycles. The number of benzene rings is 4. The quantitative estimate of drug-likeness (QED) is 0.247. The number of rotatable bonds is 10. The highest BCUT2D eigenvalue weighted by atomic mass is 35.5. The fourth-order valence-corrected chi connectivity index (χ4v) is 5.83. The van der Waals surface area contributed by atoms with Gasteiger partial charge in [-0.05, 0) is 54.4 Å². The van der Waals surface area contributed by atoms with E-state index in [9.17, 15) is 18.0 Å². The molecule has 0 fully saturated rings. The monoisotopic (exact) mass is 581 g/mol. The molecule has 0 unspecified atom stereocenters. The van der Waals surface area contributed by atoms with Crippen molar-refractivity contribution in [2.75, 3.05) is 22.7 Å². The van der Waals surface area contributed by atoms with E-state index in [1.54, 1.807) is 42.5 Å². The first-order chi connectivity index (χ1) is 18.7. The molecule has 0 saturated carbocycles. The smallest absolute Gasteiger partial charge is 0.264 e. The molecular weight excluding hydrogens is 557 g/mol. The van der Waals surface area contributed by atoms with Gasteiger partial charge in [0.15, 0.2) is 0 Å². The molecule has 7 nitrogen and oxygen atoms in total. The number of hydrogen-bond donors (Lipinski definition) is 2. The lowest BCUT2D eigenvalue weighted by molar-refractivity contribution is -0.114. The topological polar surface area (TPSA) is 95.6 Å². The molecule has 10 heteroatoms. The molecule has 0 aliphatic heterocycles. The summed E-state index contributed by atoms with van der Waals surface area (Å²) >= 11 is 12.3. The summed E-state index contributed by atoms with van der Waals surface area (Å²) in [5, 5.41) is 5.96. The largest absolute Gasteiger partial charge is 0.352 e. The molecule has 200 valence electrons. The van der Waals surface area contributed by atoms with Crippen molar-refractivity contribution in [3.63, 3.8) is 0 Å². The third-order valence-corrected chi connectivity index (χ3v) is 7.97. The van der Waals surface area contributed by atoms with Gasteiger partial charge in [0.2, 0.25) is 5.91 Å². The van der Waals surface area contributed by atoms with Crippen LogP contribution in [0.4, 0.5) is 11.4 Å². The zero-order chi connectivity index (χ0) is 27.8. The Morgan fingerprint density at radius 1 is 0.769 bits per heavy atom. The summed E-state index contributed by atoms with van der Waals surface area (Å²) in [6.07, 6.45) is 0.648. The maximum atomic E-state index is 13.5. The van der Waals surface area contributed by atoms with Gasteiger partial charge >= 0.3 is 0 Å². The van der Waals surface area contributed by atoms with Crippen LogP contribution in [0.25, 0.3) is 0 Å². The minimum absolute atomic E-state index is 0.00732. The van der Waals surface area contributed by atoms with Crippen molar-refractivity contribution < 1.29 is 18.0 Å².